The Bertz CT molecular complexity index is 885. The molecule has 0 atom stereocenters. The summed E-state index contributed by atoms with van der Waals surface area (Å²) >= 11 is 0. The average molecular weight is 408 g/mol. The highest BCUT2D eigenvalue weighted by molar-refractivity contribution is 6.04. The Morgan fingerprint density at radius 1 is 1.07 bits per heavy atom. The van der Waals surface area contributed by atoms with Crippen LogP contribution in [0, 0.1) is 0 Å². The van der Waals surface area contributed by atoms with Gasteiger partial charge in [-0.25, -0.2) is 4.98 Å². The van der Waals surface area contributed by atoms with E-state index in [0.29, 0.717) is 11.4 Å². The molecular weight excluding hydrogens is 374 g/mol. The minimum atomic E-state index is -0.00166. The molecule has 30 heavy (non-hydrogen) atoms. The molecule has 1 N–H and O–H groups in total. The molecule has 1 amide bonds. The predicted octanol–water partition coefficient (Wildman–Crippen LogP) is 3.81. The van der Waals surface area contributed by atoms with Gasteiger partial charge < -0.3 is 20.0 Å². The van der Waals surface area contributed by atoms with Crippen molar-refractivity contribution in [2.45, 2.75) is 32.1 Å². The largest absolute Gasteiger partial charge is 0.369 e. The molecule has 0 spiro atoms. The molecule has 1 aromatic heterocycles. The second-order valence-electron chi connectivity index (χ2n) is 8.49. The lowest BCUT2D eigenvalue weighted by Crippen LogP contribution is -2.47. The summed E-state index contributed by atoms with van der Waals surface area (Å²) in [7, 11) is 3.60. The van der Waals surface area contributed by atoms with Crippen molar-refractivity contribution in [3.8, 4) is 0 Å². The highest BCUT2D eigenvalue weighted by Crippen LogP contribution is 2.44. The zero-order chi connectivity index (χ0) is 21.1. The van der Waals surface area contributed by atoms with Crippen molar-refractivity contribution in [1.29, 1.82) is 0 Å². The number of piperazine rings is 1. The highest BCUT2D eigenvalue weighted by atomic mass is 16.2. The summed E-state index contributed by atoms with van der Waals surface area (Å²) in [4.78, 5) is 24.0. The Labute approximate surface area is 179 Å². The molecule has 6 nitrogen and oxygen atoms in total. The molecule has 2 heterocycles. The van der Waals surface area contributed by atoms with Crippen molar-refractivity contribution in [3.05, 3.63) is 47.7 Å². The van der Waals surface area contributed by atoms with Gasteiger partial charge >= 0.3 is 0 Å². The molecule has 1 aliphatic heterocycles. The lowest BCUT2D eigenvalue weighted by atomic mass is 10.1. The van der Waals surface area contributed by atoms with Crippen LogP contribution >= 0.6 is 0 Å². The standard InChI is InChI=1S/C24H33N5O/c1-4-12-25-23-22(24(30)27(2)3)21(11-13-26-23)29-16-14-28(15-17-29)20-8-6-5-7-19(20)18-9-10-18/h5-8,11,13,18H,4,9-10,12,14-17H2,1-3H3,(H,25,26). The maximum Gasteiger partial charge on any atom is 0.259 e. The van der Waals surface area contributed by atoms with E-state index in [0.717, 1.165) is 50.7 Å². The summed E-state index contributed by atoms with van der Waals surface area (Å²) in [5, 5.41) is 3.34. The van der Waals surface area contributed by atoms with E-state index < -0.39 is 0 Å². The van der Waals surface area contributed by atoms with Gasteiger partial charge in [-0.2, -0.15) is 0 Å². The third-order valence-corrected chi connectivity index (χ3v) is 6.01. The molecule has 2 aliphatic rings. The fraction of sp³-hybridized carbons (Fsp3) is 0.500. The van der Waals surface area contributed by atoms with E-state index in [2.05, 4.69) is 51.3 Å². The van der Waals surface area contributed by atoms with Gasteiger partial charge in [-0.1, -0.05) is 25.1 Å². The van der Waals surface area contributed by atoms with Gasteiger partial charge in [0.05, 0.1) is 5.69 Å². The van der Waals surface area contributed by atoms with Gasteiger partial charge in [0.25, 0.3) is 5.91 Å². The van der Waals surface area contributed by atoms with Crippen LogP contribution in [0.5, 0.6) is 0 Å². The first-order valence-corrected chi connectivity index (χ1v) is 11.1. The second kappa shape index (κ2) is 8.94. The van der Waals surface area contributed by atoms with Crippen molar-refractivity contribution in [2.75, 3.05) is 61.9 Å². The van der Waals surface area contributed by atoms with Gasteiger partial charge in [0.2, 0.25) is 0 Å². The zero-order valence-electron chi connectivity index (χ0n) is 18.4. The monoisotopic (exact) mass is 407 g/mol. The lowest BCUT2D eigenvalue weighted by Gasteiger charge is -2.39. The number of hydrogen-bond donors (Lipinski definition) is 1. The lowest BCUT2D eigenvalue weighted by molar-refractivity contribution is 0.0828. The van der Waals surface area contributed by atoms with Crippen LogP contribution < -0.4 is 15.1 Å². The topological polar surface area (TPSA) is 51.7 Å². The maximum atomic E-state index is 13.0. The molecule has 0 unspecified atom stereocenters. The summed E-state index contributed by atoms with van der Waals surface area (Å²) in [5.74, 6) is 1.43. The fourth-order valence-corrected chi connectivity index (χ4v) is 4.23. The fourth-order valence-electron chi connectivity index (χ4n) is 4.23. The Morgan fingerprint density at radius 3 is 2.37 bits per heavy atom. The first-order chi connectivity index (χ1) is 14.6. The summed E-state index contributed by atoms with van der Waals surface area (Å²) in [6.45, 7) is 6.62. The Morgan fingerprint density at radius 2 is 1.73 bits per heavy atom. The van der Waals surface area contributed by atoms with Gasteiger partial charge in [-0.05, 0) is 42.9 Å². The Kier molecular flexibility index (Phi) is 6.11. The van der Waals surface area contributed by atoms with Gasteiger partial charge in [-0.15, -0.1) is 0 Å². The smallest absolute Gasteiger partial charge is 0.259 e. The zero-order valence-corrected chi connectivity index (χ0v) is 18.4. The first-order valence-electron chi connectivity index (χ1n) is 11.1. The number of hydrogen-bond acceptors (Lipinski definition) is 5. The number of aromatic nitrogens is 1. The van der Waals surface area contributed by atoms with Crippen molar-refractivity contribution in [3.63, 3.8) is 0 Å². The number of carbonyl (C=O) groups is 1. The predicted molar refractivity (Wildman–Crippen MR) is 124 cm³/mol. The number of nitrogens with one attached hydrogen (secondary N) is 1. The molecule has 160 valence electrons. The summed E-state index contributed by atoms with van der Waals surface area (Å²) in [5.41, 5.74) is 4.56. The molecule has 0 bridgehead atoms. The highest BCUT2D eigenvalue weighted by Gasteiger charge is 2.30. The number of amides is 1. The van der Waals surface area contributed by atoms with E-state index in [1.807, 2.05) is 12.3 Å². The second-order valence-corrected chi connectivity index (χ2v) is 8.49. The van der Waals surface area contributed by atoms with Gasteiger partial charge in [0, 0.05) is 58.7 Å². The van der Waals surface area contributed by atoms with E-state index in [-0.39, 0.29) is 5.91 Å². The molecule has 1 saturated carbocycles. The number of pyridine rings is 1. The molecule has 1 aromatic carbocycles. The number of para-hydroxylation sites is 1. The van der Waals surface area contributed by atoms with Crippen molar-refractivity contribution < 1.29 is 4.79 Å². The molecule has 1 saturated heterocycles. The molecule has 4 rings (SSSR count). The summed E-state index contributed by atoms with van der Waals surface area (Å²) in [6, 6.07) is 10.9. The van der Waals surface area contributed by atoms with Crippen LogP contribution in [0.1, 0.15) is 48.0 Å². The Hall–Kier alpha value is -2.76. The molecular formula is C24H33N5O. The van der Waals surface area contributed by atoms with Crippen LogP contribution in [0.4, 0.5) is 17.2 Å². The number of anilines is 3. The third kappa shape index (κ3) is 4.23. The minimum Gasteiger partial charge on any atom is -0.369 e. The van der Waals surface area contributed by atoms with Gasteiger partial charge in [0.1, 0.15) is 11.4 Å². The number of nitrogens with zero attached hydrogens (tertiary/aromatic N) is 4. The van der Waals surface area contributed by atoms with Gasteiger partial charge in [0.15, 0.2) is 0 Å². The molecule has 0 radical (unpaired) electrons. The van der Waals surface area contributed by atoms with Crippen LogP contribution in [-0.4, -0.2) is 62.6 Å². The SMILES string of the molecule is CCCNc1nccc(N2CCN(c3ccccc3C3CC3)CC2)c1C(=O)N(C)C. The summed E-state index contributed by atoms with van der Waals surface area (Å²) in [6.07, 6.45) is 5.43. The summed E-state index contributed by atoms with van der Waals surface area (Å²) < 4.78 is 0. The normalized spacial score (nSPS) is 16.5. The number of benzene rings is 1. The van der Waals surface area contributed by atoms with E-state index in [4.69, 9.17) is 0 Å². The molecule has 6 heteroatoms. The van der Waals surface area contributed by atoms with E-state index >= 15 is 0 Å². The quantitative estimate of drug-likeness (QED) is 0.756. The number of carbonyl (C=O) groups excluding carboxylic acids is 1. The van der Waals surface area contributed by atoms with Crippen LogP contribution in [0.15, 0.2) is 36.5 Å². The average Bonchev–Trinajstić information content (AvgIpc) is 3.62. The van der Waals surface area contributed by atoms with Crippen molar-refractivity contribution in [1.82, 2.24) is 9.88 Å². The van der Waals surface area contributed by atoms with Crippen LogP contribution in [0.25, 0.3) is 0 Å². The number of rotatable bonds is 7. The van der Waals surface area contributed by atoms with E-state index in [1.54, 1.807) is 19.0 Å². The van der Waals surface area contributed by atoms with Crippen LogP contribution in [-0.2, 0) is 0 Å². The molecule has 2 fully saturated rings. The van der Waals surface area contributed by atoms with Gasteiger partial charge in [-0.3, -0.25) is 4.79 Å². The molecule has 2 aromatic rings. The maximum absolute atomic E-state index is 13.0. The van der Waals surface area contributed by atoms with Crippen molar-refractivity contribution in [2.24, 2.45) is 0 Å². The Balaban J connectivity index is 1.55. The third-order valence-electron chi connectivity index (χ3n) is 6.01. The minimum absolute atomic E-state index is 0.00166. The molecule has 1 aliphatic carbocycles. The van der Waals surface area contributed by atoms with Crippen LogP contribution in [0.3, 0.4) is 0 Å². The first kappa shape index (κ1) is 20.5. The van der Waals surface area contributed by atoms with Crippen molar-refractivity contribution >= 4 is 23.1 Å². The van der Waals surface area contributed by atoms with E-state index in [9.17, 15) is 4.79 Å². The van der Waals surface area contributed by atoms with E-state index in [1.165, 1.54) is 24.1 Å². The van der Waals surface area contributed by atoms with Crippen LogP contribution in [0.2, 0.25) is 0 Å².